The number of methoxy groups -OCH3 is 1. The SMILES string of the molecule is COc1ccc(C(=O)O[C@@H]2C[C@@]3(C)O[C@@H]3C[C@@]3(C)CC[C@@](O)(C(C)C)[C@@H]23)cc1O. The smallest absolute Gasteiger partial charge is 0.338 e. The molecule has 6 nitrogen and oxygen atoms in total. The molecular formula is C23H32O6. The molecule has 29 heavy (non-hydrogen) atoms. The molecule has 0 aromatic heterocycles. The van der Waals surface area contributed by atoms with Crippen molar-refractivity contribution in [1.29, 1.82) is 0 Å². The van der Waals surface area contributed by atoms with Crippen LogP contribution >= 0.6 is 0 Å². The number of phenols is 1. The van der Waals surface area contributed by atoms with E-state index in [2.05, 4.69) is 13.8 Å². The number of benzene rings is 1. The maximum atomic E-state index is 13.0. The lowest BCUT2D eigenvalue weighted by atomic mass is 9.67. The number of hydrogen-bond acceptors (Lipinski definition) is 6. The predicted molar refractivity (Wildman–Crippen MR) is 107 cm³/mol. The minimum atomic E-state index is -0.880. The number of phenolic OH excluding ortho intramolecular Hbond substituents is 1. The first-order valence-electron chi connectivity index (χ1n) is 10.5. The Morgan fingerprint density at radius 1 is 1.24 bits per heavy atom. The van der Waals surface area contributed by atoms with Crippen LogP contribution in [0.25, 0.3) is 0 Å². The fraction of sp³-hybridized carbons (Fsp3) is 0.696. The number of ether oxygens (including phenoxy) is 3. The van der Waals surface area contributed by atoms with Crippen molar-refractivity contribution < 1.29 is 29.2 Å². The summed E-state index contributed by atoms with van der Waals surface area (Å²) in [4.78, 5) is 13.0. The molecule has 2 N–H and O–H groups in total. The molecule has 160 valence electrons. The Morgan fingerprint density at radius 2 is 1.97 bits per heavy atom. The van der Waals surface area contributed by atoms with E-state index < -0.39 is 17.7 Å². The number of aromatic hydroxyl groups is 1. The molecule has 0 radical (unpaired) electrons. The van der Waals surface area contributed by atoms with E-state index in [1.54, 1.807) is 12.1 Å². The van der Waals surface area contributed by atoms with Crippen LogP contribution in [0.4, 0.5) is 0 Å². The summed E-state index contributed by atoms with van der Waals surface area (Å²) >= 11 is 0. The Morgan fingerprint density at radius 3 is 2.59 bits per heavy atom. The molecule has 2 saturated carbocycles. The number of hydrogen-bond donors (Lipinski definition) is 2. The number of rotatable bonds is 4. The highest BCUT2D eigenvalue weighted by molar-refractivity contribution is 5.90. The van der Waals surface area contributed by atoms with Crippen LogP contribution in [0.15, 0.2) is 18.2 Å². The molecular weight excluding hydrogens is 372 g/mol. The highest BCUT2D eigenvalue weighted by atomic mass is 16.6. The minimum Gasteiger partial charge on any atom is -0.504 e. The zero-order valence-electron chi connectivity index (χ0n) is 17.9. The van der Waals surface area contributed by atoms with Crippen LogP contribution in [0.2, 0.25) is 0 Å². The highest BCUT2D eigenvalue weighted by Crippen LogP contribution is 2.63. The monoisotopic (exact) mass is 404 g/mol. The van der Waals surface area contributed by atoms with Gasteiger partial charge < -0.3 is 24.4 Å². The summed E-state index contributed by atoms with van der Waals surface area (Å²) in [5, 5.41) is 21.7. The van der Waals surface area contributed by atoms with Gasteiger partial charge in [-0.15, -0.1) is 0 Å². The molecule has 3 fully saturated rings. The normalized spacial score (nSPS) is 40.7. The first-order valence-corrected chi connectivity index (χ1v) is 10.5. The molecule has 1 saturated heterocycles. The number of esters is 1. The number of carbonyl (C=O) groups is 1. The van der Waals surface area contributed by atoms with Gasteiger partial charge in [0.2, 0.25) is 0 Å². The van der Waals surface area contributed by atoms with Gasteiger partial charge in [-0.1, -0.05) is 20.8 Å². The van der Waals surface area contributed by atoms with E-state index in [1.807, 2.05) is 13.8 Å². The van der Waals surface area contributed by atoms with E-state index in [9.17, 15) is 15.0 Å². The second-order valence-electron chi connectivity index (χ2n) is 9.94. The number of fused-ring (bicyclic) bond motifs is 2. The minimum absolute atomic E-state index is 0.0590. The zero-order valence-corrected chi connectivity index (χ0v) is 17.9. The molecule has 1 aromatic rings. The molecule has 4 rings (SSSR count). The van der Waals surface area contributed by atoms with E-state index in [0.717, 1.165) is 12.8 Å². The van der Waals surface area contributed by atoms with Crippen molar-refractivity contribution in [2.45, 2.75) is 76.8 Å². The summed E-state index contributed by atoms with van der Waals surface area (Å²) in [5.74, 6) is -0.404. The topological polar surface area (TPSA) is 88.5 Å². The van der Waals surface area contributed by atoms with Gasteiger partial charge in [-0.2, -0.15) is 0 Å². The largest absolute Gasteiger partial charge is 0.504 e. The van der Waals surface area contributed by atoms with Crippen molar-refractivity contribution in [2.75, 3.05) is 7.11 Å². The molecule has 0 bridgehead atoms. The summed E-state index contributed by atoms with van der Waals surface area (Å²) in [5.41, 5.74) is -1.07. The molecule has 0 unspecified atom stereocenters. The zero-order chi connectivity index (χ0) is 21.2. The molecule has 2 aliphatic carbocycles. The lowest BCUT2D eigenvalue weighted by Crippen LogP contribution is -2.50. The third-order valence-electron chi connectivity index (χ3n) is 7.72. The number of epoxide rings is 1. The van der Waals surface area contributed by atoms with Gasteiger partial charge in [0.25, 0.3) is 0 Å². The van der Waals surface area contributed by atoms with Crippen LogP contribution in [-0.2, 0) is 9.47 Å². The van der Waals surface area contributed by atoms with E-state index in [-0.39, 0.29) is 40.3 Å². The van der Waals surface area contributed by atoms with Crippen molar-refractivity contribution in [3.63, 3.8) is 0 Å². The van der Waals surface area contributed by atoms with Crippen molar-refractivity contribution >= 4 is 5.97 Å². The second kappa shape index (κ2) is 6.61. The summed E-state index contributed by atoms with van der Waals surface area (Å²) in [7, 11) is 1.46. The number of carbonyl (C=O) groups excluding carboxylic acids is 1. The average Bonchev–Trinajstić information content (AvgIpc) is 3.18. The van der Waals surface area contributed by atoms with Crippen molar-refractivity contribution in [3.05, 3.63) is 23.8 Å². The third kappa shape index (κ3) is 3.21. The quantitative estimate of drug-likeness (QED) is 0.588. The summed E-state index contributed by atoms with van der Waals surface area (Å²) in [6.07, 6.45) is 2.73. The van der Waals surface area contributed by atoms with Crippen molar-refractivity contribution in [1.82, 2.24) is 0 Å². The van der Waals surface area contributed by atoms with Crippen molar-refractivity contribution in [2.24, 2.45) is 17.3 Å². The van der Waals surface area contributed by atoms with Crippen LogP contribution < -0.4 is 4.74 Å². The Bertz CT molecular complexity index is 822. The van der Waals surface area contributed by atoms with Gasteiger partial charge in [0.1, 0.15) is 6.10 Å². The average molecular weight is 405 g/mol. The third-order valence-corrected chi connectivity index (χ3v) is 7.72. The maximum absolute atomic E-state index is 13.0. The van der Waals surface area contributed by atoms with Gasteiger partial charge in [-0.25, -0.2) is 4.79 Å². The standard InChI is InChI=1S/C23H32O6/c1-13(2)23(26)9-8-21(3)12-18-22(4,29-18)11-17(19(21)23)28-20(25)14-6-7-16(27-5)15(24)10-14/h6-7,10,13,17-19,24,26H,8-9,11-12H2,1-5H3/t17-,18-,19+,21-,22-,23-/m1/s1. The van der Waals surface area contributed by atoms with E-state index in [0.29, 0.717) is 18.6 Å². The van der Waals surface area contributed by atoms with E-state index in [4.69, 9.17) is 14.2 Å². The Labute approximate surface area is 172 Å². The molecule has 6 atom stereocenters. The van der Waals surface area contributed by atoms with Gasteiger partial charge in [0.15, 0.2) is 11.5 Å². The van der Waals surface area contributed by atoms with Gasteiger partial charge in [0.05, 0.1) is 30.0 Å². The first kappa shape index (κ1) is 20.5. The fourth-order valence-corrected chi connectivity index (χ4v) is 5.85. The lowest BCUT2D eigenvalue weighted by Gasteiger charge is -2.44. The predicted octanol–water partition coefficient (Wildman–Crippen LogP) is 3.68. The molecule has 1 aliphatic heterocycles. The van der Waals surface area contributed by atoms with Crippen LogP contribution in [0.3, 0.4) is 0 Å². The Balaban J connectivity index is 1.66. The van der Waals surface area contributed by atoms with Crippen LogP contribution in [0, 0.1) is 17.3 Å². The maximum Gasteiger partial charge on any atom is 0.338 e. The van der Waals surface area contributed by atoms with Crippen LogP contribution in [0.1, 0.15) is 63.7 Å². The molecule has 3 aliphatic rings. The van der Waals surface area contributed by atoms with Crippen LogP contribution in [-0.4, -0.2) is 46.7 Å². The van der Waals surface area contributed by atoms with Gasteiger partial charge in [-0.3, -0.25) is 0 Å². The summed E-state index contributed by atoms with van der Waals surface area (Å²) in [6, 6.07) is 4.49. The highest BCUT2D eigenvalue weighted by Gasteiger charge is 2.68. The lowest BCUT2D eigenvalue weighted by molar-refractivity contribution is -0.120. The van der Waals surface area contributed by atoms with Crippen molar-refractivity contribution in [3.8, 4) is 11.5 Å². The van der Waals surface area contributed by atoms with Gasteiger partial charge in [0, 0.05) is 12.3 Å². The Kier molecular flexibility index (Phi) is 4.67. The molecule has 6 heteroatoms. The second-order valence-corrected chi connectivity index (χ2v) is 9.94. The molecule has 1 aromatic carbocycles. The van der Waals surface area contributed by atoms with Gasteiger partial charge in [-0.05, 0) is 55.7 Å². The van der Waals surface area contributed by atoms with E-state index in [1.165, 1.54) is 13.2 Å². The summed E-state index contributed by atoms with van der Waals surface area (Å²) < 4.78 is 17.1. The molecule has 0 amide bonds. The van der Waals surface area contributed by atoms with E-state index >= 15 is 0 Å². The van der Waals surface area contributed by atoms with Crippen LogP contribution in [0.5, 0.6) is 11.5 Å². The summed E-state index contributed by atoms with van der Waals surface area (Å²) in [6.45, 7) is 8.34. The Hall–Kier alpha value is -1.79. The molecule has 1 heterocycles. The van der Waals surface area contributed by atoms with Gasteiger partial charge >= 0.3 is 5.97 Å². The first-order chi connectivity index (χ1) is 13.5. The number of aliphatic hydroxyl groups is 1. The molecule has 0 spiro atoms. The fourth-order valence-electron chi connectivity index (χ4n) is 5.85.